The van der Waals surface area contributed by atoms with Crippen LogP contribution in [0.2, 0.25) is 0 Å². The van der Waals surface area contributed by atoms with Crippen molar-refractivity contribution in [2.45, 2.75) is 25.7 Å². The molecule has 0 heterocycles. The first kappa shape index (κ1) is 8.05. The summed E-state index contributed by atoms with van der Waals surface area (Å²) in [5, 5.41) is 0. The maximum atomic E-state index is 2.31. The van der Waals surface area contributed by atoms with Crippen molar-refractivity contribution in [2.24, 2.45) is 0 Å². The molecule has 0 aromatic heterocycles. The Hall–Kier alpha value is -1.30. The highest BCUT2D eigenvalue weighted by Gasteiger charge is 2.16. The fourth-order valence-electron chi connectivity index (χ4n) is 2.56. The van der Waals surface area contributed by atoms with Gasteiger partial charge in [0.2, 0.25) is 0 Å². The van der Waals surface area contributed by atoms with Gasteiger partial charge in [-0.15, -0.1) is 0 Å². The highest BCUT2D eigenvalue weighted by Crippen LogP contribution is 2.36. The maximum absolute atomic E-state index is 2.31. The van der Waals surface area contributed by atoms with Crippen LogP contribution in [0, 0.1) is 0 Å². The predicted octanol–water partition coefficient (Wildman–Crippen LogP) is 3.74. The van der Waals surface area contributed by atoms with Gasteiger partial charge in [-0.1, -0.05) is 42.0 Å². The fraction of sp³-hybridized carbons (Fsp3) is 0.286. The Balaban J connectivity index is 2.20. The highest BCUT2D eigenvalue weighted by atomic mass is 14.2. The first-order valence-corrected chi connectivity index (χ1v) is 5.42. The van der Waals surface area contributed by atoms with Gasteiger partial charge in [0.25, 0.3) is 0 Å². The summed E-state index contributed by atoms with van der Waals surface area (Å²) >= 11 is 0. The van der Waals surface area contributed by atoms with Gasteiger partial charge in [0.15, 0.2) is 0 Å². The summed E-state index contributed by atoms with van der Waals surface area (Å²) < 4.78 is 0. The molecule has 2 aliphatic carbocycles. The monoisotopic (exact) mass is 182 g/mol. The smallest absolute Gasteiger partial charge is 0.0126 e. The van der Waals surface area contributed by atoms with Gasteiger partial charge in [-0.3, -0.25) is 0 Å². The first-order valence-electron chi connectivity index (χ1n) is 5.42. The van der Waals surface area contributed by atoms with Crippen LogP contribution in [0.3, 0.4) is 0 Å². The van der Waals surface area contributed by atoms with Crippen LogP contribution >= 0.6 is 0 Å². The molecule has 0 unspecified atom stereocenters. The summed E-state index contributed by atoms with van der Waals surface area (Å²) in [4.78, 5) is 0. The van der Waals surface area contributed by atoms with Crippen LogP contribution in [-0.2, 0) is 6.42 Å². The number of rotatable bonds is 0. The van der Waals surface area contributed by atoms with Crippen molar-refractivity contribution >= 4 is 5.57 Å². The predicted molar refractivity (Wildman–Crippen MR) is 60.1 cm³/mol. The molecule has 0 saturated carbocycles. The lowest BCUT2D eigenvalue weighted by Gasteiger charge is -2.06. The highest BCUT2D eigenvalue weighted by molar-refractivity contribution is 5.81. The Kier molecular flexibility index (Phi) is 1.80. The van der Waals surface area contributed by atoms with E-state index < -0.39 is 0 Å². The molecule has 0 saturated heterocycles. The molecule has 1 aromatic carbocycles. The molecule has 0 radical (unpaired) electrons. The second kappa shape index (κ2) is 3.13. The Bertz CT molecular complexity index is 421. The SMILES string of the molecule is C1=CC2=C(C1)CCCc1ccccc12. The van der Waals surface area contributed by atoms with Crippen LogP contribution in [-0.4, -0.2) is 0 Å². The van der Waals surface area contributed by atoms with E-state index in [0.717, 1.165) is 0 Å². The van der Waals surface area contributed by atoms with E-state index in [1.54, 1.807) is 5.57 Å². The van der Waals surface area contributed by atoms with Crippen LogP contribution < -0.4 is 0 Å². The molecule has 0 N–H and O–H groups in total. The fourth-order valence-corrected chi connectivity index (χ4v) is 2.56. The van der Waals surface area contributed by atoms with Crippen molar-refractivity contribution in [1.82, 2.24) is 0 Å². The molecule has 3 rings (SSSR count). The summed E-state index contributed by atoms with van der Waals surface area (Å²) in [6.07, 6.45) is 9.64. The number of hydrogen-bond acceptors (Lipinski definition) is 0. The van der Waals surface area contributed by atoms with E-state index in [1.807, 2.05) is 0 Å². The van der Waals surface area contributed by atoms with Gasteiger partial charge in [-0.2, -0.15) is 0 Å². The van der Waals surface area contributed by atoms with Gasteiger partial charge in [0.05, 0.1) is 0 Å². The lowest BCUT2D eigenvalue weighted by Crippen LogP contribution is -1.88. The van der Waals surface area contributed by atoms with Gasteiger partial charge in [-0.05, 0) is 42.4 Å². The molecule has 1 aromatic rings. The lowest BCUT2D eigenvalue weighted by atomic mass is 9.99. The summed E-state index contributed by atoms with van der Waals surface area (Å²) in [7, 11) is 0. The zero-order chi connectivity index (χ0) is 9.38. The van der Waals surface area contributed by atoms with E-state index in [9.17, 15) is 0 Å². The number of aryl methyl sites for hydroxylation is 1. The van der Waals surface area contributed by atoms with E-state index in [-0.39, 0.29) is 0 Å². The molecule has 0 atom stereocenters. The molecule has 0 spiro atoms. The van der Waals surface area contributed by atoms with Crippen molar-refractivity contribution in [2.75, 3.05) is 0 Å². The van der Waals surface area contributed by atoms with Crippen LogP contribution in [0.25, 0.3) is 5.57 Å². The molecule has 14 heavy (non-hydrogen) atoms. The second-order valence-electron chi connectivity index (χ2n) is 4.13. The average Bonchev–Trinajstić information content (AvgIpc) is 2.61. The first-order chi connectivity index (χ1) is 6.95. The van der Waals surface area contributed by atoms with Gasteiger partial charge in [-0.25, -0.2) is 0 Å². The van der Waals surface area contributed by atoms with Crippen molar-refractivity contribution in [3.8, 4) is 0 Å². The molecule has 0 heteroatoms. The van der Waals surface area contributed by atoms with Crippen molar-refractivity contribution in [1.29, 1.82) is 0 Å². The number of benzene rings is 1. The third kappa shape index (κ3) is 1.14. The van der Waals surface area contributed by atoms with Gasteiger partial charge < -0.3 is 0 Å². The summed E-state index contributed by atoms with van der Waals surface area (Å²) in [5.41, 5.74) is 6.17. The normalized spacial score (nSPS) is 19.1. The Morgan fingerprint density at radius 3 is 2.93 bits per heavy atom. The third-order valence-corrected chi connectivity index (χ3v) is 3.26. The van der Waals surface area contributed by atoms with Gasteiger partial charge >= 0.3 is 0 Å². The molecule has 2 aliphatic rings. The Morgan fingerprint density at radius 1 is 1.00 bits per heavy atom. The van der Waals surface area contributed by atoms with Crippen LogP contribution in [0.5, 0.6) is 0 Å². The topological polar surface area (TPSA) is 0 Å². The van der Waals surface area contributed by atoms with Crippen LogP contribution in [0.15, 0.2) is 42.0 Å². The largest absolute Gasteiger partial charge is 0.0798 e. The van der Waals surface area contributed by atoms with E-state index in [2.05, 4.69) is 36.4 Å². The quantitative estimate of drug-likeness (QED) is 0.573. The van der Waals surface area contributed by atoms with E-state index in [4.69, 9.17) is 0 Å². The molecule has 0 fully saturated rings. The van der Waals surface area contributed by atoms with Gasteiger partial charge in [0, 0.05) is 0 Å². The molecule has 0 amide bonds. The number of allylic oxidation sites excluding steroid dienone is 4. The van der Waals surface area contributed by atoms with Crippen molar-refractivity contribution in [3.63, 3.8) is 0 Å². The summed E-state index contributed by atoms with van der Waals surface area (Å²) in [5.74, 6) is 0. The van der Waals surface area contributed by atoms with E-state index in [0.29, 0.717) is 0 Å². The van der Waals surface area contributed by atoms with E-state index >= 15 is 0 Å². The lowest BCUT2D eigenvalue weighted by molar-refractivity contribution is 0.812. The van der Waals surface area contributed by atoms with E-state index in [1.165, 1.54) is 42.4 Å². The Labute approximate surface area is 85.0 Å². The molecular weight excluding hydrogens is 168 g/mol. The third-order valence-electron chi connectivity index (χ3n) is 3.26. The van der Waals surface area contributed by atoms with Gasteiger partial charge in [0.1, 0.15) is 0 Å². The standard InChI is InChI=1S/C14H14/c1-2-9-13-11(5-1)6-3-7-12-8-4-10-14(12)13/h1-2,4-5,9-10H,3,6-8H2. The zero-order valence-corrected chi connectivity index (χ0v) is 8.29. The maximum Gasteiger partial charge on any atom is -0.0126 e. The molecule has 0 nitrogen and oxygen atoms in total. The second-order valence-corrected chi connectivity index (χ2v) is 4.13. The summed E-state index contributed by atoms with van der Waals surface area (Å²) in [6, 6.07) is 8.85. The minimum atomic E-state index is 1.18. The van der Waals surface area contributed by atoms with Crippen molar-refractivity contribution in [3.05, 3.63) is 53.1 Å². The molecular formula is C14H14. The summed E-state index contributed by atoms with van der Waals surface area (Å²) in [6.45, 7) is 0. The molecule has 70 valence electrons. The average molecular weight is 182 g/mol. The van der Waals surface area contributed by atoms with Crippen LogP contribution in [0.4, 0.5) is 0 Å². The number of fused-ring (bicyclic) bond motifs is 2. The minimum Gasteiger partial charge on any atom is -0.0798 e. The van der Waals surface area contributed by atoms with Crippen molar-refractivity contribution < 1.29 is 0 Å². The zero-order valence-electron chi connectivity index (χ0n) is 8.29. The Morgan fingerprint density at radius 2 is 1.93 bits per heavy atom. The number of hydrogen-bond donors (Lipinski definition) is 0. The van der Waals surface area contributed by atoms with Crippen LogP contribution in [0.1, 0.15) is 30.4 Å². The minimum absolute atomic E-state index is 1.18. The molecule has 0 bridgehead atoms. The molecule has 0 aliphatic heterocycles.